The average molecular weight is 178 g/mol. The molecule has 1 aromatic carbocycles. The zero-order valence-corrected chi connectivity index (χ0v) is 7.21. The van der Waals surface area contributed by atoms with Crippen LogP contribution in [0.15, 0.2) is 29.4 Å². The summed E-state index contributed by atoms with van der Waals surface area (Å²) < 4.78 is 0. The highest BCUT2D eigenvalue weighted by Gasteiger charge is 1.94. The van der Waals surface area contributed by atoms with Crippen LogP contribution in [0.25, 0.3) is 0 Å². The van der Waals surface area contributed by atoms with Gasteiger partial charge in [0.05, 0.1) is 6.21 Å². The van der Waals surface area contributed by atoms with Gasteiger partial charge in [-0.15, -0.1) is 0 Å². The van der Waals surface area contributed by atoms with Crippen molar-refractivity contribution in [1.82, 2.24) is 5.01 Å². The number of carbonyl (C=O) groups excluding carboxylic acids is 1. The molecule has 0 unspecified atom stereocenters. The van der Waals surface area contributed by atoms with Gasteiger partial charge in [0.15, 0.2) is 0 Å². The van der Waals surface area contributed by atoms with Gasteiger partial charge in [-0.3, -0.25) is 4.79 Å². The fourth-order valence-electron chi connectivity index (χ4n) is 0.777. The van der Waals surface area contributed by atoms with Gasteiger partial charge in [-0.1, -0.05) is 12.1 Å². The lowest BCUT2D eigenvalue weighted by atomic mass is 10.2. The zero-order chi connectivity index (χ0) is 9.68. The Hall–Kier alpha value is -1.84. The van der Waals surface area contributed by atoms with Crippen molar-refractivity contribution in [3.63, 3.8) is 0 Å². The number of benzene rings is 1. The zero-order valence-electron chi connectivity index (χ0n) is 7.21. The number of aromatic hydroxyl groups is 1. The number of hydrazone groups is 1. The van der Waals surface area contributed by atoms with E-state index in [-0.39, 0.29) is 5.75 Å². The first-order chi connectivity index (χ1) is 6.24. The van der Waals surface area contributed by atoms with Crippen LogP contribution in [0.1, 0.15) is 5.56 Å². The largest absolute Gasteiger partial charge is 0.507 e. The van der Waals surface area contributed by atoms with E-state index in [1.165, 1.54) is 13.3 Å². The molecule has 1 amide bonds. The lowest BCUT2D eigenvalue weighted by Gasteiger charge is -2.01. The lowest BCUT2D eigenvalue weighted by molar-refractivity contribution is -0.116. The number of para-hydroxylation sites is 1. The van der Waals surface area contributed by atoms with E-state index in [9.17, 15) is 9.90 Å². The molecule has 0 saturated carbocycles. The Morgan fingerprint density at radius 2 is 2.15 bits per heavy atom. The third-order valence-corrected chi connectivity index (χ3v) is 1.47. The van der Waals surface area contributed by atoms with Crippen molar-refractivity contribution in [2.45, 2.75) is 0 Å². The van der Waals surface area contributed by atoms with Crippen LogP contribution in [-0.4, -0.2) is 29.8 Å². The molecule has 0 bridgehead atoms. The van der Waals surface area contributed by atoms with Crippen molar-refractivity contribution in [2.75, 3.05) is 7.05 Å². The van der Waals surface area contributed by atoms with Gasteiger partial charge in [0, 0.05) is 12.6 Å². The smallest absolute Gasteiger partial charge is 0.229 e. The first-order valence-corrected chi connectivity index (χ1v) is 3.74. The first-order valence-electron chi connectivity index (χ1n) is 3.74. The third-order valence-electron chi connectivity index (χ3n) is 1.47. The van der Waals surface area contributed by atoms with Gasteiger partial charge in [-0.2, -0.15) is 5.10 Å². The van der Waals surface area contributed by atoms with Crippen LogP contribution < -0.4 is 0 Å². The van der Waals surface area contributed by atoms with Crippen LogP contribution >= 0.6 is 0 Å². The van der Waals surface area contributed by atoms with Gasteiger partial charge in [0.2, 0.25) is 6.41 Å². The number of phenolic OH excluding ortho intramolecular Hbond substituents is 1. The summed E-state index contributed by atoms with van der Waals surface area (Å²) in [6.07, 6.45) is 2.00. The van der Waals surface area contributed by atoms with Crippen LogP contribution in [-0.2, 0) is 4.79 Å². The van der Waals surface area contributed by atoms with Gasteiger partial charge in [-0.05, 0) is 12.1 Å². The van der Waals surface area contributed by atoms with E-state index in [0.717, 1.165) is 5.01 Å². The number of amides is 1. The Morgan fingerprint density at radius 3 is 2.77 bits per heavy atom. The Morgan fingerprint density at radius 1 is 1.46 bits per heavy atom. The molecular formula is C9H10N2O2. The van der Waals surface area contributed by atoms with Crippen molar-refractivity contribution in [3.05, 3.63) is 29.8 Å². The molecule has 1 rings (SSSR count). The van der Waals surface area contributed by atoms with Gasteiger partial charge in [-0.25, -0.2) is 5.01 Å². The lowest BCUT2D eigenvalue weighted by Crippen LogP contribution is -2.07. The summed E-state index contributed by atoms with van der Waals surface area (Å²) >= 11 is 0. The summed E-state index contributed by atoms with van der Waals surface area (Å²) in [7, 11) is 1.52. The quantitative estimate of drug-likeness (QED) is 0.423. The van der Waals surface area contributed by atoms with Crippen LogP contribution in [0, 0.1) is 0 Å². The highest BCUT2D eigenvalue weighted by molar-refractivity contribution is 5.83. The second kappa shape index (κ2) is 4.25. The third kappa shape index (κ3) is 2.59. The highest BCUT2D eigenvalue weighted by atomic mass is 16.3. The predicted molar refractivity (Wildman–Crippen MR) is 49.5 cm³/mol. The van der Waals surface area contributed by atoms with Gasteiger partial charge in [0.1, 0.15) is 5.75 Å². The van der Waals surface area contributed by atoms with Crippen molar-refractivity contribution in [3.8, 4) is 5.75 Å². The van der Waals surface area contributed by atoms with Crippen molar-refractivity contribution in [1.29, 1.82) is 0 Å². The van der Waals surface area contributed by atoms with Crippen molar-refractivity contribution >= 4 is 12.6 Å². The number of hydrogen-bond donors (Lipinski definition) is 1. The molecule has 0 aliphatic heterocycles. The summed E-state index contributed by atoms with van der Waals surface area (Å²) in [5.41, 5.74) is 0.580. The van der Waals surface area contributed by atoms with E-state index in [4.69, 9.17) is 0 Å². The minimum Gasteiger partial charge on any atom is -0.507 e. The maximum Gasteiger partial charge on any atom is 0.229 e. The van der Waals surface area contributed by atoms with Crippen molar-refractivity contribution in [2.24, 2.45) is 5.10 Å². The Bertz CT molecular complexity index is 323. The minimum absolute atomic E-state index is 0.144. The van der Waals surface area contributed by atoms with Gasteiger partial charge >= 0.3 is 0 Å². The Balaban J connectivity index is 2.79. The van der Waals surface area contributed by atoms with Crippen molar-refractivity contribution < 1.29 is 9.90 Å². The number of rotatable bonds is 3. The number of phenols is 1. The van der Waals surface area contributed by atoms with Crippen LogP contribution in [0.5, 0.6) is 5.75 Å². The summed E-state index contributed by atoms with van der Waals surface area (Å²) in [6.45, 7) is 0. The molecule has 13 heavy (non-hydrogen) atoms. The molecule has 0 aliphatic rings. The molecule has 0 heterocycles. The molecule has 4 nitrogen and oxygen atoms in total. The van der Waals surface area contributed by atoms with Crippen LogP contribution in [0.2, 0.25) is 0 Å². The van der Waals surface area contributed by atoms with Crippen LogP contribution in [0.4, 0.5) is 0 Å². The molecule has 0 spiro atoms. The molecular weight excluding hydrogens is 168 g/mol. The summed E-state index contributed by atoms with van der Waals surface area (Å²) in [6, 6.07) is 6.76. The van der Waals surface area contributed by atoms with E-state index in [2.05, 4.69) is 5.10 Å². The fraction of sp³-hybridized carbons (Fsp3) is 0.111. The van der Waals surface area contributed by atoms with E-state index in [1.807, 2.05) is 0 Å². The SMILES string of the molecule is CN(C=O)/N=C\c1ccccc1O. The monoisotopic (exact) mass is 178 g/mol. The topological polar surface area (TPSA) is 52.9 Å². The number of nitrogens with zero attached hydrogens (tertiary/aromatic N) is 2. The molecule has 68 valence electrons. The van der Waals surface area contributed by atoms with Crippen LogP contribution in [0.3, 0.4) is 0 Å². The second-order valence-electron chi connectivity index (χ2n) is 2.48. The Kier molecular flexibility index (Phi) is 3.03. The normalized spacial score (nSPS) is 10.2. The summed E-state index contributed by atoms with van der Waals surface area (Å²) in [5, 5.41) is 14.2. The Labute approximate surface area is 76.1 Å². The summed E-state index contributed by atoms with van der Waals surface area (Å²) in [5.74, 6) is 0.144. The van der Waals surface area contributed by atoms with Gasteiger partial charge < -0.3 is 5.11 Å². The van der Waals surface area contributed by atoms with E-state index in [0.29, 0.717) is 12.0 Å². The first kappa shape index (κ1) is 9.25. The van der Waals surface area contributed by atoms with Gasteiger partial charge in [0.25, 0.3) is 0 Å². The number of carbonyl (C=O) groups is 1. The highest BCUT2D eigenvalue weighted by Crippen LogP contribution is 2.12. The second-order valence-corrected chi connectivity index (χ2v) is 2.48. The van der Waals surface area contributed by atoms with E-state index < -0.39 is 0 Å². The fourth-order valence-corrected chi connectivity index (χ4v) is 0.777. The van der Waals surface area contributed by atoms with E-state index >= 15 is 0 Å². The standard InChI is InChI=1S/C9H10N2O2/c1-11(7-12)10-6-8-4-2-3-5-9(8)13/h2-7,13H,1H3/b10-6-. The molecule has 0 radical (unpaired) electrons. The molecule has 0 atom stereocenters. The molecule has 0 saturated heterocycles. The summed E-state index contributed by atoms with van der Waals surface area (Å²) in [4.78, 5) is 10.2. The molecule has 1 aromatic rings. The number of hydrogen-bond acceptors (Lipinski definition) is 3. The molecule has 0 fully saturated rings. The molecule has 1 N–H and O–H groups in total. The average Bonchev–Trinajstić information content (AvgIpc) is 2.16. The van der Waals surface area contributed by atoms with E-state index in [1.54, 1.807) is 24.3 Å². The predicted octanol–water partition coefficient (Wildman–Crippen LogP) is 0.814. The maximum atomic E-state index is 10.2. The maximum absolute atomic E-state index is 10.2. The molecule has 4 heteroatoms. The molecule has 0 aromatic heterocycles. The molecule has 0 aliphatic carbocycles. The minimum atomic E-state index is 0.144.